The van der Waals surface area contributed by atoms with E-state index in [1.54, 1.807) is 17.5 Å². The second kappa shape index (κ2) is 6.37. The molecule has 1 aliphatic heterocycles. The van der Waals surface area contributed by atoms with Crippen LogP contribution in [-0.2, 0) is 24.3 Å². The number of thiazole rings is 1. The summed E-state index contributed by atoms with van der Waals surface area (Å²) in [6.45, 7) is 4.28. The molecule has 1 N–H and O–H groups in total. The van der Waals surface area contributed by atoms with Crippen LogP contribution in [0.4, 0.5) is 0 Å². The molecule has 3 rings (SSSR count). The van der Waals surface area contributed by atoms with Gasteiger partial charge in [0.2, 0.25) is 5.91 Å². The molecule has 2 heterocycles. The van der Waals surface area contributed by atoms with Crippen molar-refractivity contribution in [2.75, 3.05) is 6.54 Å². The van der Waals surface area contributed by atoms with Crippen LogP contribution in [0.15, 0.2) is 35.8 Å². The number of rotatable bonds is 4. The molecule has 0 bridgehead atoms. The van der Waals surface area contributed by atoms with Crippen molar-refractivity contribution in [3.63, 3.8) is 0 Å². The first-order chi connectivity index (χ1) is 10.2. The molecular weight excluding hydrogens is 282 g/mol. The molecule has 0 saturated carbocycles. The molecule has 21 heavy (non-hydrogen) atoms. The number of aromatic nitrogens is 1. The summed E-state index contributed by atoms with van der Waals surface area (Å²) >= 11 is 1.56. The minimum absolute atomic E-state index is 0.0737. The number of carbonyl (C=O) groups is 1. The first kappa shape index (κ1) is 14.2. The zero-order chi connectivity index (χ0) is 14.7. The van der Waals surface area contributed by atoms with E-state index in [4.69, 9.17) is 0 Å². The van der Waals surface area contributed by atoms with E-state index in [0.717, 1.165) is 24.5 Å². The number of nitrogens with zero attached hydrogens (tertiary/aromatic N) is 2. The second-order valence-electron chi connectivity index (χ2n) is 5.31. The number of benzene rings is 1. The Morgan fingerprint density at radius 3 is 3.00 bits per heavy atom. The van der Waals surface area contributed by atoms with Crippen molar-refractivity contribution in [3.8, 4) is 0 Å². The Balaban J connectivity index is 1.58. The lowest BCUT2D eigenvalue weighted by Gasteiger charge is -2.32. The maximum Gasteiger partial charge on any atom is 0.237 e. The van der Waals surface area contributed by atoms with Gasteiger partial charge in [-0.1, -0.05) is 24.3 Å². The second-order valence-corrected chi connectivity index (χ2v) is 6.29. The molecule has 0 radical (unpaired) electrons. The molecule has 1 atom stereocenters. The van der Waals surface area contributed by atoms with Crippen LogP contribution in [-0.4, -0.2) is 28.4 Å². The minimum atomic E-state index is -0.113. The van der Waals surface area contributed by atoms with Gasteiger partial charge >= 0.3 is 0 Å². The molecule has 0 saturated heterocycles. The van der Waals surface area contributed by atoms with E-state index >= 15 is 0 Å². The molecular formula is C16H19N3OS. The van der Waals surface area contributed by atoms with E-state index < -0.39 is 0 Å². The fourth-order valence-electron chi connectivity index (χ4n) is 2.66. The smallest absolute Gasteiger partial charge is 0.237 e. The van der Waals surface area contributed by atoms with E-state index in [9.17, 15) is 4.79 Å². The van der Waals surface area contributed by atoms with Crippen molar-refractivity contribution < 1.29 is 4.79 Å². The number of amides is 1. The summed E-state index contributed by atoms with van der Waals surface area (Å²) in [7, 11) is 0. The highest BCUT2D eigenvalue weighted by Gasteiger charge is 2.24. The third-order valence-corrected chi connectivity index (χ3v) is 4.76. The van der Waals surface area contributed by atoms with Crippen LogP contribution in [0.25, 0.3) is 0 Å². The average molecular weight is 301 g/mol. The van der Waals surface area contributed by atoms with Crippen LogP contribution >= 0.6 is 11.3 Å². The molecule has 0 aliphatic carbocycles. The monoisotopic (exact) mass is 301 g/mol. The van der Waals surface area contributed by atoms with Gasteiger partial charge in [0.05, 0.1) is 12.6 Å². The van der Waals surface area contributed by atoms with Crippen molar-refractivity contribution in [2.45, 2.75) is 32.5 Å². The quantitative estimate of drug-likeness (QED) is 0.941. The summed E-state index contributed by atoms with van der Waals surface area (Å²) in [6, 6.07) is 8.37. The average Bonchev–Trinajstić information content (AvgIpc) is 3.05. The molecule has 0 unspecified atom stereocenters. The van der Waals surface area contributed by atoms with Gasteiger partial charge in [0.25, 0.3) is 0 Å². The van der Waals surface area contributed by atoms with Gasteiger partial charge in [0.15, 0.2) is 0 Å². The Morgan fingerprint density at radius 2 is 2.24 bits per heavy atom. The Labute approximate surface area is 128 Å². The lowest BCUT2D eigenvalue weighted by Crippen LogP contribution is -2.46. The Hall–Kier alpha value is -1.72. The summed E-state index contributed by atoms with van der Waals surface area (Å²) in [4.78, 5) is 18.7. The van der Waals surface area contributed by atoms with E-state index in [1.165, 1.54) is 11.1 Å². The molecule has 5 heteroatoms. The fourth-order valence-corrected chi connectivity index (χ4v) is 3.22. The number of hydrogen-bond donors (Lipinski definition) is 1. The Morgan fingerprint density at radius 1 is 1.43 bits per heavy atom. The van der Waals surface area contributed by atoms with Crippen LogP contribution < -0.4 is 5.32 Å². The molecule has 0 spiro atoms. The molecule has 4 nitrogen and oxygen atoms in total. The molecule has 1 aromatic heterocycles. The minimum Gasteiger partial charge on any atom is -0.348 e. The summed E-state index contributed by atoms with van der Waals surface area (Å²) in [5, 5.41) is 5.84. The van der Waals surface area contributed by atoms with Crippen LogP contribution in [0, 0.1) is 0 Å². The lowest BCUT2D eigenvalue weighted by molar-refractivity contribution is -0.126. The van der Waals surface area contributed by atoms with Gasteiger partial charge in [0, 0.05) is 24.7 Å². The van der Waals surface area contributed by atoms with Gasteiger partial charge in [-0.3, -0.25) is 9.69 Å². The molecule has 110 valence electrons. The molecule has 1 amide bonds. The van der Waals surface area contributed by atoms with Crippen LogP contribution in [0.3, 0.4) is 0 Å². The van der Waals surface area contributed by atoms with E-state index in [0.29, 0.717) is 6.54 Å². The third kappa shape index (κ3) is 3.31. The van der Waals surface area contributed by atoms with Gasteiger partial charge in [-0.05, 0) is 24.5 Å². The SMILES string of the molecule is C[C@@H](C(=O)NCc1nccs1)N1CCc2ccccc2C1. The molecule has 0 fully saturated rings. The first-order valence-electron chi connectivity index (χ1n) is 7.21. The standard InChI is InChI=1S/C16H19N3OS/c1-12(16(20)18-10-15-17-7-9-21-15)19-8-6-13-4-2-3-5-14(13)11-19/h2-5,7,9,12H,6,8,10-11H2,1H3,(H,18,20)/t12-/m0/s1. The highest BCUT2D eigenvalue weighted by Crippen LogP contribution is 2.20. The summed E-state index contributed by atoms with van der Waals surface area (Å²) in [5.41, 5.74) is 2.74. The van der Waals surface area contributed by atoms with Crippen LogP contribution in [0.5, 0.6) is 0 Å². The van der Waals surface area contributed by atoms with Crippen molar-refractivity contribution in [3.05, 3.63) is 52.0 Å². The maximum absolute atomic E-state index is 12.3. The first-order valence-corrected chi connectivity index (χ1v) is 8.09. The Bertz CT molecular complexity index is 612. The summed E-state index contributed by atoms with van der Waals surface area (Å²) in [6.07, 6.45) is 2.78. The highest BCUT2D eigenvalue weighted by atomic mass is 32.1. The predicted molar refractivity (Wildman–Crippen MR) is 84.0 cm³/mol. The number of carbonyl (C=O) groups excluding carboxylic acids is 1. The zero-order valence-corrected chi connectivity index (χ0v) is 12.9. The van der Waals surface area contributed by atoms with E-state index in [1.807, 2.05) is 12.3 Å². The topological polar surface area (TPSA) is 45.2 Å². The van der Waals surface area contributed by atoms with Gasteiger partial charge in [-0.2, -0.15) is 0 Å². The van der Waals surface area contributed by atoms with Crippen molar-refractivity contribution in [1.82, 2.24) is 15.2 Å². The number of hydrogen-bond acceptors (Lipinski definition) is 4. The normalized spacial score (nSPS) is 16.2. The summed E-state index contributed by atoms with van der Waals surface area (Å²) in [5.74, 6) is 0.0737. The predicted octanol–water partition coefficient (Wildman–Crippen LogP) is 2.21. The van der Waals surface area contributed by atoms with Gasteiger partial charge in [-0.15, -0.1) is 11.3 Å². The fraction of sp³-hybridized carbons (Fsp3) is 0.375. The largest absolute Gasteiger partial charge is 0.348 e. The highest BCUT2D eigenvalue weighted by molar-refractivity contribution is 7.09. The van der Waals surface area contributed by atoms with Crippen molar-refractivity contribution in [1.29, 1.82) is 0 Å². The summed E-state index contributed by atoms with van der Waals surface area (Å²) < 4.78 is 0. The van der Waals surface area contributed by atoms with Gasteiger partial charge < -0.3 is 5.32 Å². The maximum atomic E-state index is 12.3. The number of fused-ring (bicyclic) bond motifs is 1. The van der Waals surface area contributed by atoms with Gasteiger partial charge in [-0.25, -0.2) is 4.98 Å². The van der Waals surface area contributed by atoms with Crippen molar-refractivity contribution in [2.24, 2.45) is 0 Å². The molecule has 1 aliphatic rings. The van der Waals surface area contributed by atoms with E-state index in [-0.39, 0.29) is 11.9 Å². The molecule has 1 aromatic carbocycles. The lowest BCUT2D eigenvalue weighted by atomic mass is 9.99. The van der Waals surface area contributed by atoms with E-state index in [2.05, 4.69) is 39.5 Å². The van der Waals surface area contributed by atoms with Crippen molar-refractivity contribution >= 4 is 17.2 Å². The molecule has 2 aromatic rings. The van der Waals surface area contributed by atoms with Crippen LogP contribution in [0.2, 0.25) is 0 Å². The van der Waals surface area contributed by atoms with Crippen LogP contribution in [0.1, 0.15) is 23.1 Å². The number of nitrogens with one attached hydrogen (secondary N) is 1. The third-order valence-electron chi connectivity index (χ3n) is 3.98. The zero-order valence-electron chi connectivity index (χ0n) is 12.1. The van der Waals surface area contributed by atoms with Gasteiger partial charge in [0.1, 0.15) is 5.01 Å². The Kier molecular flexibility index (Phi) is 4.31.